The smallest absolute Gasteiger partial charge is 0.222 e. The first-order valence-corrected chi connectivity index (χ1v) is 7.26. The van der Waals surface area contributed by atoms with Crippen LogP contribution in [-0.2, 0) is 4.79 Å². The Morgan fingerprint density at radius 1 is 1.04 bits per heavy atom. The number of anilines is 2. The minimum absolute atomic E-state index is 0.161. The molecule has 2 aromatic rings. The van der Waals surface area contributed by atoms with Gasteiger partial charge in [0.2, 0.25) is 5.91 Å². The third-order valence-electron chi connectivity index (χ3n) is 3.05. The number of nitrogens with zero attached hydrogens (tertiary/aromatic N) is 3. The Morgan fingerprint density at radius 3 is 2.30 bits per heavy atom. The fraction of sp³-hybridized carbons (Fsp3) is 0.167. The van der Waals surface area contributed by atoms with E-state index in [4.69, 9.17) is 0 Å². The van der Waals surface area contributed by atoms with Gasteiger partial charge in [-0.1, -0.05) is 30.4 Å². The second kappa shape index (κ2) is 7.89. The van der Waals surface area contributed by atoms with Crippen molar-refractivity contribution < 1.29 is 4.79 Å². The van der Waals surface area contributed by atoms with Gasteiger partial charge in [-0.25, -0.2) is 4.98 Å². The zero-order chi connectivity index (χ0) is 16.7. The molecule has 1 heterocycles. The lowest BCUT2D eigenvalue weighted by Gasteiger charge is -2.11. The van der Waals surface area contributed by atoms with Crippen LogP contribution in [0.25, 0.3) is 12.2 Å². The highest BCUT2D eigenvalue weighted by molar-refractivity contribution is 5.87. The van der Waals surface area contributed by atoms with Crippen LogP contribution in [0.15, 0.2) is 48.8 Å². The molecule has 23 heavy (non-hydrogen) atoms. The number of benzene rings is 1. The molecule has 0 aliphatic heterocycles. The van der Waals surface area contributed by atoms with Crippen molar-refractivity contribution in [2.24, 2.45) is 0 Å². The summed E-state index contributed by atoms with van der Waals surface area (Å²) in [5.41, 5.74) is 3.03. The molecule has 0 saturated carbocycles. The molecule has 0 aliphatic rings. The van der Waals surface area contributed by atoms with Gasteiger partial charge >= 0.3 is 0 Å². The maximum absolute atomic E-state index is 10.9. The molecule has 0 unspecified atom stereocenters. The van der Waals surface area contributed by atoms with Gasteiger partial charge < -0.3 is 10.2 Å². The van der Waals surface area contributed by atoms with E-state index < -0.39 is 0 Å². The van der Waals surface area contributed by atoms with E-state index in [-0.39, 0.29) is 5.91 Å². The first-order valence-electron chi connectivity index (χ1n) is 7.26. The number of carbonyl (C=O) groups is 1. The van der Waals surface area contributed by atoms with Crippen LogP contribution in [0, 0.1) is 0 Å². The first kappa shape index (κ1) is 16.4. The monoisotopic (exact) mass is 308 g/mol. The molecule has 1 aromatic heterocycles. The third kappa shape index (κ3) is 5.39. The number of nitrogens with one attached hydrogen (secondary N) is 1. The topological polar surface area (TPSA) is 58.1 Å². The predicted octanol–water partition coefficient (Wildman–Crippen LogP) is 3.23. The predicted molar refractivity (Wildman–Crippen MR) is 95.2 cm³/mol. The number of allylic oxidation sites excluding steroid dienone is 2. The molecule has 2 rings (SSSR count). The van der Waals surface area contributed by atoms with Crippen molar-refractivity contribution in [1.82, 2.24) is 9.97 Å². The zero-order valence-corrected chi connectivity index (χ0v) is 13.5. The lowest BCUT2D eigenvalue weighted by Crippen LogP contribution is -2.07. The van der Waals surface area contributed by atoms with Gasteiger partial charge in [0.25, 0.3) is 0 Å². The van der Waals surface area contributed by atoms with Crippen LogP contribution in [0.3, 0.4) is 0 Å². The molecule has 0 atom stereocenters. The zero-order valence-electron chi connectivity index (χ0n) is 13.5. The van der Waals surface area contributed by atoms with Gasteiger partial charge in [-0.05, 0) is 23.8 Å². The van der Waals surface area contributed by atoms with Crippen LogP contribution in [0.1, 0.15) is 18.2 Å². The van der Waals surface area contributed by atoms with E-state index in [1.54, 1.807) is 6.20 Å². The highest BCUT2D eigenvalue weighted by Crippen LogP contribution is 2.13. The lowest BCUT2D eigenvalue weighted by molar-refractivity contribution is -0.114. The number of hydrogen-bond acceptors (Lipinski definition) is 4. The number of carbonyl (C=O) groups excluding carboxylic acids is 1. The fourth-order valence-corrected chi connectivity index (χ4v) is 1.87. The van der Waals surface area contributed by atoms with Gasteiger partial charge in [-0.2, -0.15) is 0 Å². The van der Waals surface area contributed by atoms with Crippen molar-refractivity contribution in [3.63, 3.8) is 0 Å². The Bertz CT molecular complexity index is 701. The summed E-state index contributed by atoms with van der Waals surface area (Å²) in [6.07, 6.45) is 10.9. The molecule has 1 aromatic carbocycles. The summed E-state index contributed by atoms with van der Waals surface area (Å²) in [6, 6.07) is 8.30. The Hall–Kier alpha value is -2.95. The van der Waals surface area contributed by atoms with E-state index in [2.05, 4.69) is 44.5 Å². The summed E-state index contributed by atoms with van der Waals surface area (Å²) < 4.78 is 0. The molecule has 0 saturated heterocycles. The van der Waals surface area contributed by atoms with Crippen LogP contribution < -0.4 is 10.2 Å². The van der Waals surface area contributed by atoms with Gasteiger partial charge in [0.15, 0.2) is 5.82 Å². The molecule has 0 bridgehead atoms. The summed E-state index contributed by atoms with van der Waals surface area (Å²) in [6.45, 7) is 1.44. The van der Waals surface area contributed by atoms with Crippen molar-refractivity contribution in [3.8, 4) is 0 Å². The van der Waals surface area contributed by atoms with E-state index >= 15 is 0 Å². The highest BCUT2D eigenvalue weighted by Gasteiger charge is 1.96. The fourth-order valence-electron chi connectivity index (χ4n) is 1.87. The standard InChI is InChI=1S/C18H20N4O/c1-14(23)21-18-13-19-16(12-20-18)7-5-4-6-15-8-10-17(11-9-15)22(2)3/h4-13H,1-3H3,(H,20,21,23)/b6-4+,7-5+. The molecule has 0 aliphatic carbocycles. The summed E-state index contributed by atoms with van der Waals surface area (Å²) in [5.74, 6) is 0.289. The van der Waals surface area contributed by atoms with Gasteiger partial charge in [0.05, 0.1) is 18.1 Å². The maximum Gasteiger partial charge on any atom is 0.222 e. The van der Waals surface area contributed by atoms with Crippen molar-refractivity contribution in [1.29, 1.82) is 0 Å². The molecule has 0 fully saturated rings. The second-order valence-electron chi connectivity index (χ2n) is 5.21. The molecule has 0 spiro atoms. The molecule has 5 nitrogen and oxygen atoms in total. The molecule has 1 amide bonds. The van der Waals surface area contributed by atoms with Crippen molar-refractivity contribution in [3.05, 3.63) is 60.1 Å². The summed E-state index contributed by atoms with van der Waals surface area (Å²) in [5, 5.41) is 2.58. The second-order valence-corrected chi connectivity index (χ2v) is 5.21. The van der Waals surface area contributed by atoms with Crippen LogP contribution >= 0.6 is 0 Å². The Kier molecular flexibility index (Phi) is 5.63. The summed E-state index contributed by atoms with van der Waals surface area (Å²) >= 11 is 0. The van der Waals surface area contributed by atoms with Gasteiger partial charge in [0.1, 0.15) is 0 Å². The van der Waals surface area contributed by atoms with Crippen LogP contribution in [-0.4, -0.2) is 30.0 Å². The van der Waals surface area contributed by atoms with E-state index in [1.165, 1.54) is 18.8 Å². The summed E-state index contributed by atoms with van der Waals surface area (Å²) in [7, 11) is 4.04. The van der Waals surface area contributed by atoms with Gasteiger partial charge in [-0.15, -0.1) is 0 Å². The maximum atomic E-state index is 10.9. The van der Waals surface area contributed by atoms with Crippen molar-refractivity contribution in [2.45, 2.75) is 6.92 Å². The van der Waals surface area contributed by atoms with Crippen LogP contribution in [0.5, 0.6) is 0 Å². The Labute approximate surface area is 136 Å². The van der Waals surface area contributed by atoms with Crippen molar-refractivity contribution in [2.75, 3.05) is 24.3 Å². The van der Waals surface area contributed by atoms with Crippen molar-refractivity contribution >= 4 is 29.6 Å². The Balaban J connectivity index is 1.94. The average molecular weight is 308 g/mol. The van der Waals surface area contributed by atoms with Crippen LogP contribution in [0.2, 0.25) is 0 Å². The average Bonchev–Trinajstić information content (AvgIpc) is 2.53. The van der Waals surface area contributed by atoms with E-state index in [0.717, 1.165) is 11.3 Å². The number of aromatic nitrogens is 2. The number of rotatable bonds is 5. The number of amides is 1. The minimum Gasteiger partial charge on any atom is -0.378 e. The lowest BCUT2D eigenvalue weighted by atomic mass is 10.2. The Morgan fingerprint density at radius 2 is 1.74 bits per heavy atom. The SMILES string of the molecule is CC(=O)Nc1cnc(/C=C/C=C/c2ccc(N(C)C)cc2)cn1. The highest BCUT2D eigenvalue weighted by atomic mass is 16.1. The molecule has 1 N–H and O–H groups in total. The molecular formula is C18H20N4O. The summed E-state index contributed by atoms with van der Waals surface area (Å²) in [4.78, 5) is 21.3. The van der Waals surface area contributed by atoms with Crippen LogP contribution in [0.4, 0.5) is 11.5 Å². The molecular weight excluding hydrogens is 288 g/mol. The molecule has 5 heteroatoms. The largest absolute Gasteiger partial charge is 0.378 e. The van der Waals surface area contributed by atoms with Gasteiger partial charge in [-0.3, -0.25) is 9.78 Å². The normalized spacial score (nSPS) is 11.1. The van der Waals surface area contributed by atoms with E-state index in [9.17, 15) is 4.79 Å². The molecule has 118 valence electrons. The van der Waals surface area contributed by atoms with E-state index in [0.29, 0.717) is 5.82 Å². The quantitative estimate of drug-likeness (QED) is 0.862. The molecule has 0 radical (unpaired) electrons. The number of hydrogen-bond donors (Lipinski definition) is 1. The third-order valence-corrected chi connectivity index (χ3v) is 3.05. The van der Waals surface area contributed by atoms with Gasteiger partial charge in [0, 0.05) is 26.7 Å². The minimum atomic E-state index is -0.161. The first-order chi connectivity index (χ1) is 11.0. The van der Waals surface area contributed by atoms with E-state index in [1.807, 2.05) is 38.4 Å².